The van der Waals surface area contributed by atoms with Gasteiger partial charge in [-0.15, -0.1) is 0 Å². The molecule has 3 nitrogen and oxygen atoms in total. The molecule has 0 amide bonds. The molecule has 0 rings (SSSR count). The average molecular weight is 258 g/mol. The standard InChI is InChI=1S/C15H34N2O/c1-8-9-16-15(6,12-18)10-13(2)17(7)11-14(3,4)5/h13,16,18H,8-12H2,1-7H3. The molecule has 0 aliphatic carbocycles. The highest BCUT2D eigenvalue weighted by Gasteiger charge is 2.27. The van der Waals surface area contributed by atoms with Crippen LogP contribution in [0.4, 0.5) is 0 Å². The summed E-state index contributed by atoms with van der Waals surface area (Å²) in [5.74, 6) is 0. The zero-order valence-corrected chi connectivity index (χ0v) is 13.5. The lowest BCUT2D eigenvalue weighted by Crippen LogP contribution is -2.51. The number of hydrogen-bond acceptors (Lipinski definition) is 3. The highest BCUT2D eigenvalue weighted by Crippen LogP contribution is 2.20. The maximum atomic E-state index is 9.59. The summed E-state index contributed by atoms with van der Waals surface area (Å²) in [5, 5.41) is 13.1. The quantitative estimate of drug-likeness (QED) is 0.702. The van der Waals surface area contributed by atoms with E-state index in [0.717, 1.165) is 25.9 Å². The summed E-state index contributed by atoms with van der Waals surface area (Å²) >= 11 is 0. The van der Waals surface area contributed by atoms with Crippen molar-refractivity contribution in [3.05, 3.63) is 0 Å². The number of nitrogens with one attached hydrogen (secondary N) is 1. The van der Waals surface area contributed by atoms with Crippen molar-refractivity contribution in [3.63, 3.8) is 0 Å². The third-order valence-electron chi connectivity index (χ3n) is 3.37. The van der Waals surface area contributed by atoms with Crippen LogP contribution in [-0.2, 0) is 0 Å². The number of rotatable bonds is 8. The summed E-state index contributed by atoms with van der Waals surface area (Å²) in [7, 11) is 2.17. The smallest absolute Gasteiger partial charge is 0.0611 e. The number of hydrogen-bond donors (Lipinski definition) is 2. The number of aliphatic hydroxyl groups is 1. The van der Waals surface area contributed by atoms with Gasteiger partial charge < -0.3 is 15.3 Å². The van der Waals surface area contributed by atoms with Gasteiger partial charge in [-0.1, -0.05) is 27.7 Å². The molecule has 2 atom stereocenters. The van der Waals surface area contributed by atoms with Crippen molar-refractivity contribution in [2.24, 2.45) is 5.41 Å². The summed E-state index contributed by atoms with van der Waals surface area (Å²) in [6.45, 7) is 15.5. The molecule has 0 fully saturated rings. The molecule has 0 aliphatic heterocycles. The largest absolute Gasteiger partial charge is 0.394 e. The predicted molar refractivity (Wildman–Crippen MR) is 79.9 cm³/mol. The molecule has 0 radical (unpaired) electrons. The van der Waals surface area contributed by atoms with Crippen molar-refractivity contribution in [3.8, 4) is 0 Å². The molecule has 0 saturated carbocycles. The fourth-order valence-electron chi connectivity index (χ4n) is 2.33. The second-order valence-electron chi connectivity index (χ2n) is 7.17. The molecule has 0 saturated heterocycles. The van der Waals surface area contributed by atoms with E-state index in [1.54, 1.807) is 0 Å². The van der Waals surface area contributed by atoms with Gasteiger partial charge in [-0.25, -0.2) is 0 Å². The first-order chi connectivity index (χ1) is 8.13. The topological polar surface area (TPSA) is 35.5 Å². The van der Waals surface area contributed by atoms with E-state index in [1.807, 2.05) is 0 Å². The van der Waals surface area contributed by atoms with Crippen LogP contribution < -0.4 is 5.32 Å². The summed E-state index contributed by atoms with van der Waals surface area (Å²) in [5.41, 5.74) is 0.150. The van der Waals surface area contributed by atoms with Crippen LogP contribution in [0.5, 0.6) is 0 Å². The van der Waals surface area contributed by atoms with Crippen LogP contribution in [-0.4, -0.2) is 48.3 Å². The van der Waals surface area contributed by atoms with E-state index in [0.29, 0.717) is 11.5 Å². The number of nitrogens with zero attached hydrogens (tertiary/aromatic N) is 1. The SMILES string of the molecule is CCCNC(C)(CO)CC(C)N(C)CC(C)(C)C. The van der Waals surface area contributed by atoms with E-state index in [9.17, 15) is 5.11 Å². The Hall–Kier alpha value is -0.120. The van der Waals surface area contributed by atoms with Gasteiger partial charge in [0.25, 0.3) is 0 Å². The third-order valence-corrected chi connectivity index (χ3v) is 3.37. The zero-order chi connectivity index (χ0) is 14.4. The van der Waals surface area contributed by atoms with Gasteiger partial charge >= 0.3 is 0 Å². The minimum absolute atomic E-state index is 0.165. The fraction of sp³-hybridized carbons (Fsp3) is 1.00. The van der Waals surface area contributed by atoms with Gasteiger partial charge in [0.1, 0.15) is 0 Å². The Morgan fingerprint density at radius 1 is 1.22 bits per heavy atom. The van der Waals surface area contributed by atoms with Crippen molar-refractivity contribution in [2.75, 3.05) is 26.7 Å². The van der Waals surface area contributed by atoms with Crippen molar-refractivity contribution in [2.45, 2.75) is 66.0 Å². The lowest BCUT2D eigenvalue weighted by molar-refractivity contribution is 0.110. The molecular weight excluding hydrogens is 224 g/mol. The third kappa shape index (κ3) is 7.34. The second kappa shape index (κ2) is 7.46. The Morgan fingerprint density at radius 3 is 2.17 bits per heavy atom. The van der Waals surface area contributed by atoms with Gasteiger partial charge in [0.2, 0.25) is 0 Å². The van der Waals surface area contributed by atoms with Gasteiger partial charge in [0.15, 0.2) is 0 Å². The molecule has 3 heteroatoms. The Kier molecular flexibility index (Phi) is 7.41. The Bertz CT molecular complexity index is 225. The lowest BCUT2D eigenvalue weighted by atomic mass is 9.91. The van der Waals surface area contributed by atoms with Crippen LogP contribution in [0.25, 0.3) is 0 Å². The minimum atomic E-state index is -0.165. The van der Waals surface area contributed by atoms with Crippen molar-refractivity contribution < 1.29 is 5.11 Å². The van der Waals surface area contributed by atoms with E-state index in [2.05, 4.69) is 58.8 Å². The van der Waals surface area contributed by atoms with Crippen molar-refractivity contribution >= 4 is 0 Å². The predicted octanol–water partition coefficient (Wildman–Crippen LogP) is 2.49. The molecule has 18 heavy (non-hydrogen) atoms. The molecule has 0 bridgehead atoms. The molecule has 2 unspecified atom stereocenters. The van der Waals surface area contributed by atoms with E-state index >= 15 is 0 Å². The van der Waals surface area contributed by atoms with E-state index in [4.69, 9.17) is 0 Å². The van der Waals surface area contributed by atoms with Gasteiger partial charge in [-0.2, -0.15) is 0 Å². The van der Waals surface area contributed by atoms with E-state index < -0.39 is 0 Å². The van der Waals surface area contributed by atoms with Gasteiger partial charge in [-0.05, 0) is 45.7 Å². The van der Waals surface area contributed by atoms with Crippen LogP contribution in [0.15, 0.2) is 0 Å². The Balaban J connectivity index is 4.37. The lowest BCUT2D eigenvalue weighted by Gasteiger charge is -2.37. The van der Waals surface area contributed by atoms with Crippen LogP contribution in [0, 0.1) is 5.41 Å². The normalized spacial score (nSPS) is 17.8. The summed E-state index contributed by atoms with van der Waals surface area (Å²) in [6, 6.07) is 0.464. The molecule has 0 aromatic carbocycles. The average Bonchev–Trinajstić information content (AvgIpc) is 2.24. The van der Waals surface area contributed by atoms with Gasteiger partial charge in [-0.3, -0.25) is 0 Å². The minimum Gasteiger partial charge on any atom is -0.394 e. The van der Waals surface area contributed by atoms with Crippen LogP contribution in [0.3, 0.4) is 0 Å². The van der Waals surface area contributed by atoms with Gasteiger partial charge in [0.05, 0.1) is 6.61 Å². The van der Waals surface area contributed by atoms with Crippen molar-refractivity contribution in [1.29, 1.82) is 0 Å². The maximum absolute atomic E-state index is 9.59. The summed E-state index contributed by atoms with van der Waals surface area (Å²) in [6.07, 6.45) is 2.07. The molecule has 0 heterocycles. The van der Waals surface area contributed by atoms with Crippen LogP contribution in [0.2, 0.25) is 0 Å². The first-order valence-corrected chi connectivity index (χ1v) is 7.19. The molecular formula is C15H34N2O. The molecule has 0 spiro atoms. The molecule has 0 aromatic heterocycles. The number of aliphatic hydroxyl groups excluding tert-OH is 1. The molecule has 0 aromatic rings. The van der Waals surface area contributed by atoms with Gasteiger partial charge in [0, 0.05) is 18.1 Å². The molecule has 0 aliphatic rings. The van der Waals surface area contributed by atoms with Crippen LogP contribution in [0.1, 0.15) is 54.4 Å². The Labute approximate surface area is 114 Å². The summed E-state index contributed by atoms with van der Waals surface area (Å²) in [4.78, 5) is 2.39. The monoisotopic (exact) mass is 258 g/mol. The van der Waals surface area contributed by atoms with Crippen molar-refractivity contribution in [1.82, 2.24) is 10.2 Å². The van der Waals surface area contributed by atoms with E-state index in [1.165, 1.54) is 0 Å². The maximum Gasteiger partial charge on any atom is 0.0611 e. The zero-order valence-electron chi connectivity index (χ0n) is 13.5. The van der Waals surface area contributed by atoms with Crippen LogP contribution >= 0.6 is 0 Å². The molecule has 2 N–H and O–H groups in total. The Morgan fingerprint density at radius 2 is 1.78 bits per heavy atom. The first-order valence-electron chi connectivity index (χ1n) is 7.19. The fourth-order valence-corrected chi connectivity index (χ4v) is 2.33. The molecule has 110 valence electrons. The summed E-state index contributed by atoms with van der Waals surface area (Å²) < 4.78 is 0. The second-order valence-corrected chi connectivity index (χ2v) is 7.17. The highest BCUT2D eigenvalue weighted by atomic mass is 16.3. The first kappa shape index (κ1) is 17.9. The highest BCUT2D eigenvalue weighted by molar-refractivity contribution is 4.87. The van der Waals surface area contributed by atoms with E-state index in [-0.39, 0.29) is 12.1 Å².